The van der Waals surface area contributed by atoms with Gasteiger partial charge in [0.15, 0.2) is 0 Å². The molecule has 0 aliphatic heterocycles. The van der Waals surface area contributed by atoms with Crippen molar-refractivity contribution in [3.63, 3.8) is 0 Å². The molecule has 21 heavy (non-hydrogen) atoms. The minimum Gasteiger partial charge on any atom is -0.497 e. The molecule has 0 heterocycles. The third-order valence-corrected chi connectivity index (χ3v) is 2.96. The van der Waals surface area contributed by atoms with Crippen molar-refractivity contribution in [3.8, 4) is 5.75 Å². The second-order valence-corrected chi connectivity index (χ2v) is 4.49. The molecule has 0 spiro atoms. The van der Waals surface area contributed by atoms with Gasteiger partial charge in [-0.15, -0.1) is 0 Å². The van der Waals surface area contributed by atoms with Gasteiger partial charge in [-0.1, -0.05) is 12.1 Å². The van der Waals surface area contributed by atoms with E-state index >= 15 is 0 Å². The molecule has 0 amide bonds. The summed E-state index contributed by atoms with van der Waals surface area (Å²) in [6, 6.07) is 12.2. The number of methoxy groups -OCH3 is 1. The fourth-order valence-electron chi connectivity index (χ4n) is 1.91. The Hall–Kier alpha value is -2.60. The van der Waals surface area contributed by atoms with E-state index in [4.69, 9.17) is 15.2 Å². The van der Waals surface area contributed by atoms with E-state index in [1.54, 1.807) is 19.2 Å². The summed E-state index contributed by atoms with van der Waals surface area (Å²) in [6.45, 7) is 0.757. The predicted molar refractivity (Wildman–Crippen MR) is 79.0 cm³/mol. The van der Waals surface area contributed by atoms with Crippen LogP contribution in [0.2, 0.25) is 0 Å². The number of ether oxygens (including phenoxy) is 2. The summed E-state index contributed by atoms with van der Waals surface area (Å²) in [5.41, 5.74) is 7.46. The largest absolute Gasteiger partial charge is 0.497 e. The predicted octanol–water partition coefficient (Wildman–Crippen LogP) is 2.90. The van der Waals surface area contributed by atoms with Crippen molar-refractivity contribution in [1.29, 1.82) is 0 Å². The van der Waals surface area contributed by atoms with Gasteiger partial charge in [-0.2, -0.15) is 0 Å². The smallest absolute Gasteiger partial charge is 0.292 e. The highest BCUT2D eigenvalue weighted by Gasteiger charge is 2.10. The molecule has 2 N–H and O–H groups in total. The van der Waals surface area contributed by atoms with Gasteiger partial charge in [0.1, 0.15) is 11.4 Å². The van der Waals surface area contributed by atoms with Crippen molar-refractivity contribution < 1.29 is 14.4 Å². The Kier molecular flexibility index (Phi) is 4.73. The van der Waals surface area contributed by atoms with Crippen LogP contribution in [0.3, 0.4) is 0 Å². The highest BCUT2D eigenvalue weighted by atomic mass is 16.6. The molecule has 0 bridgehead atoms. The molecule has 0 atom stereocenters. The van der Waals surface area contributed by atoms with E-state index in [0.717, 1.165) is 16.9 Å². The molecule has 0 saturated carbocycles. The summed E-state index contributed by atoms with van der Waals surface area (Å²) in [6.07, 6.45) is 0. The third-order valence-electron chi connectivity index (χ3n) is 2.96. The number of benzene rings is 2. The first-order chi connectivity index (χ1) is 10.1. The maximum atomic E-state index is 10.7. The number of nitrogens with two attached hydrogens (primary N) is 1. The maximum absolute atomic E-state index is 10.7. The Morgan fingerprint density at radius 2 is 1.86 bits per heavy atom. The van der Waals surface area contributed by atoms with Gasteiger partial charge in [0, 0.05) is 6.07 Å². The van der Waals surface area contributed by atoms with E-state index in [1.807, 2.05) is 24.3 Å². The SMILES string of the molecule is COc1cccc(COCc2ccc([N+](=O)[O-])c(N)c2)c1. The lowest BCUT2D eigenvalue weighted by Crippen LogP contribution is -1.99. The Morgan fingerprint density at radius 3 is 2.48 bits per heavy atom. The van der Waals surface area contributed by atoms with Crippen molar-refractivity contribution in [1.82, 2.24) is 0 Å². The van der Waals surface area contributed by atoms with Crippen LogP contribution in [0.1, 0.15) is 11.1 Å². The number of nitrogen functional groups attached to an aromatic ring is 1. The summed E-state index contributed by atoms with van der Waals surface area (Å²) in [5, 5.41) is 10.7. The highest BCUT2D eigenvalue weighted by molar-refractivity contribution is 5.59. The molecule has 0 saturated heterocycles. The summed E-state index contributed by atoms with van der Waals surface area (Å²) in [7, 11) is 1.61. The van der Waals surface area contributed by atoms with Crippen LogP contribution in [0.4, 0.5) is 11.4 Å². The molecular weight excluding hydrogens is 272 g/mol. The van der Waals surface area contributed by atoms with Crippen LogP contribution in [-0.2, 0) is 18.0 Å². The van der Waals surface area contributed by atoms with Gasteiger partial charge >= 0.3 is 0 Å². The van der Waals surface area contributed by atoms with Gasteiger partial charge < -0.3 is 15.2 Å². The fraction of sp³-hybridized carbons (Fsp3) is 0.200. The van der Waals surface area contributed by atoms with Crippen LogP contribution in [0.25, 0.3) is 0 Å². The molecular formula is C15H16N2O4. The van der Waals surface area contributed by atoms with Crippen molar-refractivity contribution in [3.05, 3.63) is 63.7 Å². The Labute approximate surface area is 122 Å². The second-order valence-electron chi connectivity index (χ2n) is 4.49. The first kappa shape index (κ1) is 14.8. The molecule has 0 unspecified atom stereocenters. The molecule has 0 aliphatic rings. The minimum atomic E-state index is -0.504. The molecule has 2 aromatic rings. The van der Waals surface area contributed by atoms with Gasteiger partial charge in [0.2, 0.25) is 0 Å². The lowest BCUT2D eigenvalue weighted by atomic mass is 10.2. The third kappa shape index (κ3) is 3.93. The molecule has 0 radical (unpaired) electrons. The zero-order chi connectivity index (χ0) is 15.2. The number of nitro groups is 1. The molecule has 2 aromatic carbocycles. The van der Waals surface area contributed by atoms with Crippen LogP contribution < -0.4 is 10.5 Å². The van der Waals surface area contributed by atoms with E-state index in [0.29, 0.717) is 13.2 Å². The molecule has 0 aromatic heterocycles. The lowest BCUT2D eigenvalue weighted by molar-refractivity contribution is -0.383. The van der Waals surface area contributed by atoms with Crippen LogP contribution >= 0.6 is 0 Å². The molecule has 6 nitrogen and oxygen atoms in total. The second kappa shape index (κ2) is 6.71. The summed E-state index contributed by atoms with van der Waals surface area (Å²) < 4.78 is 10.7. The number of rotatable bonds is 6. The van der Waals surface area contributed by atoms with Crippen LogP contribution in [0, 0.1) is 10.1 Å². The van der Waals surface area contributed by atoms with Gasteiger partial charge in [-0.05, 0) is 35.4 Å². The van der Waals surface area contributed by atoms with Crippen molar-refractivity contribution >= 4 is 11.4 Å². The molecule has 0 aliphatic carbocycles. The highest BCUT2D eigenvalue weighted by Crippen LogP contribution is 2.22. The maximum Gasteiger partial charge on any atom is 0.292 e. The van der Waals surface area contributed by atoms with Crippen LogP contribution in [0.5, 0.6) is 5.75 Å². The molecule has 6 heteroatoms. The fourth-order valence-corrected chi connectivity index (χ4v) is 1.91. The van der Waals surface area contributed by atoms with Crippen molar-refractivity contribution in [2.75, 3.05) is 12.8 Å². The number of nitro benzene ring substituents is 1. The first-order valence-corrected chi connectivity index (χ1v) is 6.33. The van der Waals surface area contributed by atoms with Crippen LogP contribution in [-0.4, -0.2) is 12.0 Å². The van der Waals surface area contributed by atoms with E-state index in [2.05, 4.69) is 0 Å². The monoisotopic (exact) mass is 288 g/mol. The number of hydrogen-bond donors (Lipinski definition) is 1. The zero-order valence-electron chi connectivity index (χ0n) is 11.6. The van der Waals surface area contributed by atoms with E-state index in [1.165, 1.54) is 6.07 Å². The average molecular weight is 288 g/mol. The number of nitrogens with zero attached hydrogens (tertiary/aromatic N) is 1. The molecule has 0 fully saturated rings. The topological polar surface area (TPSA) is 87.6 Å². The summed E-state index contributed by atoms with van der Waals surface area (Å²) in [5.74, 6) is 0.774. The Bertz CT molecular complexity index is 643. The Balaban J connectivity index is 1.94. The van der Waals surface area contributed by atoms with Gasteiger partial charge in [-0.3, -0.25) is 10.1 Å². The van der Waals surface area contributed by atoms with E-state index in [9.17, 15) is 10.1 Å². The Morgan fingerprint density at radius 1 is 1.14 bits per heavy atom. The lowest BCUT2D eigenvalue weighted by Gasteiger charge is -2.07. The standard InChI is InChI=1S/C15H16N2O4/c1-20-13-4-2-3-11(7-13)9-21-10-12-5-6-15(17(18)19)14(16)8-12/h2-8H,9-10,16H2,1H3. The van der Waals surface area contributed by atoms with Gasteiger partial charge in [0.05, 0.1) is 25.2 Å². The van der Waals surface area contributed by atoms with E-state index in [-0.39, 0.29) is 11.4 Å². The zero-order valence-corrected chi connectivity index (χ0v) is 11.6. The minimum absolute atomic E-state index is 0.0912. The number of hydrogen-bond acceptors (Lipinski definition) is 5. The van der Waals surface area contributed by atoms with Crippen LogP contribution in [0.15, 0.2) is 42.5 Å². The van der Waals surface area contributed by atoms with Crippen molar-refractivity contribution in [2.45, 2.75) is 13.2 Å². The first-order valence-electron chi connectivity index (χ1n) is 6.33. The van der Waals surface area contributed by atoms with Gasteiger partial charge in [-0.25, -0.2) is 0 Å². The summed E-state index contributed by atoms with van der Waals surface area (Å²) >= 11 is 0. The van der Waals surface area contributed by atoms with E-state index < -0.39 is 4.92 Å². The van der Waals surface area contributed by atoms with Gasteiger partial charge in [0.25, 0.3) is 5.69 Å². The quantitative estimate of drug-likeness (QED) is 0.501. The molecule has 110 valence electrons. The normalized spacial score (nSPS) is 10.3. The van der Waals surface area contributed by atoms with Crippen molar-refractivity contribution in [2.24, 2.45) is 0 Å². The average Bonchev–Trinajstić information content (AvgIpc) is 2.47. The molecule has 2 rings (SSSR count). The summed E-state index contributed by atoms with van der Waals surface area (Å²) in [4.78, 5) is 10.2. The number of anilines is 1.